The van der Waals surface area contributed by atoms with Gasteiger partial charge >= 0.3 is 0 Å². The Labute approximate surface area is 111 Å². The zero-order valence-corrected chi connectivity index (χ0v) is 10.7. The van der Waals surface area contributed by atoms with Crippen molar-refractivity contribution in [2.45, 2.75) is 13.5 Å². The number of aryl methyl sites for hydroxylation is 1. The SMILES string of the molecule is Cc1cc2ccccc2c(OCc2cccnc2)n1. The molecule has 0 amide bonds. The molecule has 0 unspecified atom stereocenters. The van der Waals surface area contributed by atoms with Crippen LogP contribution >= 0.6 is 0 Å². The van der Waals surface area contributed by atoms with Gasteiger partial charge in [-0.25, -0.2) is 4.98 Å². The Bertz CT molecular complexity index is 695. The summed E-state index contributed by atoms with van der Waals surface area (Å²) in [4.78, 5) is 8.55. The minimum atomic E-state index is 0.480. The molecule has 0 spiro atoms. The van der Waals surface area contributed by atoms with Crippen molar-refractivity contribution in [3.8, 4) is 5.88 Å². The number of fused-ring (bicyclic) bond motifs is 1. The topological polar surface area (TPSA) is 35.0 Å². The van der Waals surface area contributed by atoms with Crippen molar-refractivity contribution in [2.75, 3.05) is 0 Å². The van der Waals surface area contributed by atoms with Crippen LogP contribution in [0.5, 0.6) is 5.88 Å². The van der Waals surface area contributed by atoms with Gasteiger partial charge in [-0.2, -0.15) is 0 Å². The molecule has 0 aliphatic carbocycles. The third kappa shape index (κ3) is 2.55. The van der Waals surface area contributed by atoms with E-state index in [1.54, 1.807) is 12.4 Å². The first-order valence-corrected chi connectivity index (χ1v) is 6.21. The highest BCUT2D eigenvalue weighted by Crippen LogP contribution is 2.24. The zero-order chi connectivity index (χ0) is 13.1. The Morgan fingerprint density at radius 3 is 2.84 bits per heavy atom. The first-order valence-electron chi connectivity index (χ1n) is 6.21. The Morgan fingerprint density at radius 2 is 2.00 bits per heavy atom. The Kier molecular flexibility index (Phi) is 3.11. The largest absolute Gasteiger partial charge is 0.472 e. The molecule has 2 aromatic heterocycles. The second-order valence-corrected chi connectivity index (χ2v) is 4.44. The van der Waals surface area contributed by atoms with E-state index in [1.807, 2.05) is 37.3 Å². The molecule has 0 aliphatic heterocycles. The fraction of sp³-hybridized carbons (Fsp3) is 0.125. The average molecular weight is 250 g/mol. The van der Waals surface area contributed by atoms with Gasteiger partial charge in [-0.15, -0.1) is 0 Å². The maximum absolute atomic E-state index is 5.84. The Balaban J connectivity index is 1.92. The molecule has 19 heavy (non-hydrogen) atoms. The Morgan fingerprint density at radius 1 is 1.11 bits per heavy atom. The standard InChI is InChI=1S/C16H14N2O/c1-12-9-14-6-2-3-7-15(14)16(18-12)19-11-13-5-4-8-17-10-13/h2-10H,11H2,1H3. The monoisotopic (exact) mass is 250 g/mol. The summed E-state index contributed by atoms with van der Waals surface area (Å²) in [6.45, 7) is 2.46. The second kappa shape index (κ2) is 5.06. The van der Waals surface area contributed by atoms with Gasteiger partial charge < -0.3 is 4.74 Å². The summed E-state index contributed by atoms with van der Waals surface area (Å²) in [6.07, 6.45) is 3.56. The molecule has 0 radical (unpaired) electrons. The molecule has 0 saturated carbocycles. The minimum Gasteiger partial charge on any atom is -0.472 e. The van der Waals surface area contributed by atoms with E-state index in [9.17, 15) is 0 Å². The zero-order valence-electron chi connectivity index (χ0n) is 10.7. The van der Waals surface area contributed by atoms with Gasteiger partial charge in [0.2, 0.25) is 5.88 Å². The summed E-state index contributed by atoms with van der Waals surface area (Å²) in [5.41, 5.74) is 2.00. The quantitative estimate of drug-likeness (QED) is 0.713. The van der Waals surface area contributed by atoms with Gasteiger partial charge in [0.25, 0.3) is 0 Å². The van der Waals surface area contributed by atoms with Gasteiger partial charge in [-0.1, -0.05) is 24.3 Å². The van der Waals surface area contributed by atoms with E-state index in [1.165, 1.54) is 0 Å². The van der Waals surface area contributed by atoms with Crippen LogP contribution in [-0.4, -0.2) is 9.97 Å². The fourth-order valence-corrected chi connectivity index (χ4v) is 2.04. The van der Waals surface area contributed by atoms with Crippen LogP contribution in [0.1, 0.15) is 11.3 Å². The van der Waals surface area contributed by atoms with Crippen LogP contribution in [-0.2, 0) is 6.61 Å². The van der Waals surface area contributed by atoms with Crippen LogP contribution in [0, 0.1) is 6.92 Å². The van der Waals surface area contributed by atoms with Crippen molar-refractivity contribution in [3.63, 3.8) is 0 Å². The third-order valence-electron chi connectivity index (χ3n) is 2.93. The van der Waals surface area contributed by atoms with E-state index >= 15 is 0 Å². The fourth-order valence-electron chi connectivity index (χ4n) is 2.04. The summed E-state index contributed by atoms with van der Waals surface area (Å²) in [6, 6.07) is 14.1. The molecule has 0 N–H and O–H groups in total. The first kappa shape index (κ1) is 11.7. The van der Waals surface area contributed by atoms with E-state index in [0.29, 0.717) is 12.5 Å². The average Bonchev–Trinajstić information content (AvgIpc) is 2.45. The number of hydrogen-bond donors (Lipinski definition) is 0. The van der Waals surface area contributed by atoms with E-state index in [-0.39, 0.29) is 0 Å². The molecule has 94 valence electrons. The van der Waals surface area contributed by atoms with Crippen LogP contribution in [0.15, 0.2) is 54.9 Å². The van der Waals surface area contributed by atoms with Gasteiger partial charge in [0.15, 0.2) is 0 Å². The van der Waals surface area contributed by atoms with E-state index in [4.69, 9.17) is 4.74 Å². The lowest BCUT2D eigenvalue weighted by Crippen LogP contribution is -1.99. The van der Waals surface area contributed by atoms with Gasteiger partial charge in [-0.3, -0.25) is 4.98 Å². The highest BCUT2D eigenvalue weighted by Gasteiger charge is 2.05. The minimum absolute atomic E-state index is 0.480. The smallest absolute Gasteiger partial charge is 0.221 e. The Hall–Kier alpha value is -2.42. The van der Waals surface area contributed by atoms with Gasteiger partial charge in [-0.05, 0) is 30.5 Å². The molecule has 2 heterocycles. The third-order valence-corrected chi connectivity index (χ3v) is 2.93. The number of hydrogen-bond acceptors (Lipinski definition) is 3. The summed E-state index contributed by atoms with van der Waals surface area (Å²) in [7, 11) is 0. The lowest BCUT2D eigenvalue weighted by atomic mass is 10.1. The van der Waals surface area contributed by atoms with Crippen LogP contribution < -0.4 is 4.74 Å². The van der Waals surface area contributed by atoms with Crippen molar-refractivity contribution in [3.05, 3.63) is 66.1 Å². The van der Waals surface area contributed by atoms with Crippen molar-refractivity contribution >= 4 is 10.8 Å². The highest BCUT2D eigenvalue weighted by atomic mass is 16.5. The number of benzene rings is 1. The molecule has 1 aromatic carbocycles. The predicted molar refractivity (Wildman–Crippen MR) is 75.0 cm³/mol. The van der Waals surface area contributed by atoms with Gasteiger partial charge in [0.05, 0.1) is 0 Å². The number of ether oxygens (including phenoxy) is 1. The molecule has 3 aromatic rings. The van der Waals surface area contributed by atoms with Crippen LogP contribution in [0.25, 0.3) is 10.8 Å². The molecular formula is C16H14N2O. The molecule has 0 aliphatic rings. The second-order valence-electron chi connectivity index (χ2n) is 4.44. The molecular weight excluding hydrogens is 236 g/mol. The van der Waals surface area contributed by atoms with E-state index in [2.05, 4.69) is 22.1 Å². The van der Waals surface area contributed by atoms with Crippen LogP contribution in [0.4, 0.5) is 0 Å². The number of pyridine rings is 2. The number of rotatable bonds is 3. The molecule has 3 rings (SSSR count). The summed E-state index contributed by atoms with van der Waals surface area (Å²) < 4.78 is 5.84. The molecule has 3 heteroatoms. The van der Waals surface area contributed by atoms with Gasteiger partial charge in [0, 0.05) is 29.0 Å². The molecule has 0 bridgehead atoms. The highest BCUT2D eigenvalue weighted by molar-refractivity contribution is 5.87. The lowest BCUT2D eigenvalue weighted by molar-refractivity contribution is 0.297. The van der Waals surface area contributed by atoms with Gasteiger partial charge in [0.1, 0.15) is 6.61 Å². The lowest BCUT2D eigenvalue weighted by Gasteiger charge is -2.09. The maximum atomic E-state index is 5.84. The first-order chi connectivity index (χ1) is 9.33. The summed E-state index contributed by atoms with van der Waals surface area (Å²) in [5.74, 6) is 0.680. The summed E-state index contributed by atoms with van der Waals surface area (Å²) in [5, 5.41) is 2.19. The summed E-state index contributed by atoms with van der Waals surface area (Å²) >= 11 is 0. The van der Waals surface area contributed by atoms with Crippen molar-refractivity contribution in [1.29, 1.82) is 0 Å². The predicted octanol–water partition coefficient (Wildman–Crippen LogP) is 3.52. The molecule has 3 nitrogen and oxygen atoms in total. The molecule has 0 fully saturated rings. The number of aromatic nitrogens is 2. The molecule has 0 saturated heterocycles. The van der Waals surface area contributed by atoms with Crippen LogP contribution in [0.3, 0.4) is 0 Å². The van der Waals surface area contributed by atoms with Crippen molar-refractivity contribution in [1.82, 2.24) is 9.97 Å². The van der Waals surface area contributed by atoms with E-state index in [0.717, 1.165) is 22.0 Å². The van der Waals surface area contributed by atoms with E-state index < -0.39 is 0 Å². The normalized spacial score (nSPS) is 10.6. The maximum Gasteiger partial charge on any atom is 0.221 e. The molecule has 0 atom stereocenters. The van der Waals surface area contributed by atoms with Crippen molar-refractivity contribution < 1.29 is 4.74 Å². The van der Waals surface area contributed by atoms with Crippen LogP contribution in [0.2, 0.25) is 0 Å². The number of nitrogens with zero attached hydrogens (tertiary/aromatic N) is 2. The van der Waals surface area contributed by atoms with Crippen molar-refractivity contribution in [2.24, 2.45) is 0 Å².